The average Bonchev–Trinajstić information content (AvgIpc) is 2.99. The van der Waals surface area contributed by atoms with Gasteiger partial charge in [0.2, 0.25) is 5.88 Å². The zero-order valence-electron chi connectivity index (χ0n) is 25.5. The van der Waals surface area contributed by atoms with Crippen molar-refractivity contribution >= 4 is 44.4 Å². The number of halogens is 2. The van der Waals surface area contributed by atoms with E-state index in [9.17, 15) is 26.8 Å². The fourth-order valence-corrected chi connectivity index (χ4v) is 5.98. The van der Waals surface area contributed by atoms with E-state index in [0.717, 1.165) is 12.1 Å². The first-order chi connectivity index (χ1) is 21.6. The van der Waals surface area contributed by atoms with Crippen molar-refractivity contribution < 1.29 is 36.3 Å². The summed E-state index contributed by atoms with van der Waals surface area (Å²) in [6.07, 6.45) is 1.02. The van der Waals surface area contributed by atoms with Crippen LogP contribution in [-0.4, -0.2) is 79.1 Å². The second kappa shape index (κ2) is 12.4. The maximum atomic E-state index is 14.3. The summed E-state index contributed by atoms with van der Waals surface area (Å²) < 4.78 is 66.5. The lowest BCUT2D eigenvalue weighted by Gasteiger charge is -2.35. The molecule has 0 radical (unpaired) electrons. The monoisotopic (exact) mass is 654 g/mol. The van der Waals surface area contributed by atoms with Gasteiger partial charge in [0.25, 0.3) is 15.9 Å². The number of anilines is 2. The van der Waals surface area contributed by atoms with Crippen LogP contribution in [0.4, 0.5) is 25.1 Å². The van der Waals surface area contributed by atoms with Gasteiger partial charge in [0, 0.05) is 49.4 Å². The minimum atomic E-state index is -4.48. The molecule has 12 nitrogen and oxygen atoms in total. The maximum Gasteiger partial charge on any atom is 0.410 e. The number of sulfonamides is 1. The number of nitrogens with one attached hydrogen (secondary N) is 1. The van der Waals surface area contributed by atoms with Crippen LogP contribution in [0.25, 0.3) is 22.0 Å². The number of amides is 2. The molecule has 2 aromatic carbocycles. The molecule has 1 aliphatic heterocycles. The molecule has 242 valence electrons. The summed E-state index contributed by atoms with van der Waals surface area (Å²) in [5.41, 5.74) is 7.23. The van der Waals surface area contributed by atoms with E-state index in [2.05, 4.69) is 14.7 Å². The number of piperazine rings is 1. The largest absolute Gasteiger partial charge is 0.480 e. The number of pyridine rings is 2. The highest BCUT2D eigenvalue weighted by molar-refractivity contribution is 7.92. The van der Waals surface area contributed by atoms with Crippen molar-refractivity contribution in [3.63, 3.8) is 0 Å². The molecule has 0 saturated carbocycles. The number of nitrogen functional groups attached to an aromatic ring is 1. The Balaban J connectivity index is 1.40. The number of ether oxygens (including phenoxy) is 2. The van der Waals surface area contributed by atoms with Crippen molar-refractivity contribution in [3.8, 4) is 17.0 Å². The van der Waals surface area contributed by atoms with Gasteiger partial charge in [-0.1, -0.05) is 6.07 Å². The summed E-state index contributed by atoms with van der Waals surface area (Å²) >= 11 is 0. The van der Waals surface area contributed by atoms with Gasteiger partial charge in [-0.15, -0.1) is 0 Å². The first-order valence-electron chi connectivity index (χ1n) is 14.1. The van der Waals surface area contributed by atoms with Gasteiger partial charge in [-0.05, 0) is 62.7 Å². The lowest BCUT2D eigenvalue weighted by atomic mass is 10.0. The van der Waals surface area contributed by atoms with Crippen LogP contribution in [-0.2, 0) is 14.8 Å². The number of hydrogen-bond donors (Lipinski definition) is 2. The van der Waals surface area contributed by atoms with E-state index in [-0.39, 0.29) is 41.9 Å². The summed E-state index contributed by atoms with van der Waals surface area (Å²) in [6.45, 7) is 6.54. The average molecular weight is 655 g/mol. The van der Waals surface area contributed by atoms with Crippen molar-refractivity contribution in [2.24, 2.45) is 0 Å². The van der Waals surface area contributed by atoms with E-state index < -0.39 is 38.2 Å². The third kappa shape index (κ3) is 6.93. The van der Waals surface area contributed by atoms with Gasteiger partial charge in [0.1, 0.15) is 33.6 Å². The molecule has 0 unspecified atom stereocenters. The quantitative estimate of drug-likeness (QED) is 0.302. The summed E-state index contributed by atoms with van der Waals surface area (Å²) in [5.74, 6) is -2.54. The molecule has 0 atom stereocenters. The van der Waals surface area contributed by atoms with E-state index in [4.69, 9.17) is 15.2 Å². The molecule has 2 aromatic heterocycles. The molecule has 5 rings (SSSR count). The van der Waals surface area contributed by atoms with Crippen LogP contribution < -0.4 is 15.2 Å². The van der Waals surface area contributed by atoms with Gasteiger partial charge >= 0.3 is 6.09 Å². The Morgan fingerprint density at radius 3 is 2.30 bits per heavy atom. The molecule has 3 heterocycles. The number of nitrogens with zero attached hydrogens (tertiary/aromatic N) is 4. The molecule has 1 aliphatic rings. The van der Waals surface area contributed by atoms with E-state index in [1.54, 1.807) is 54.8 Å². The second-order valence-corrected chi connectivity index (χ2v) is 13.2. The number of fused-ring (bicyclic) bond motifs is 1. The van der Waals surface area contributed by atoms with E-state index in [1.165, 1.54) is 19.4 Å². The smallest absolute Gasteiger partial charge is 0.410 e. The van der Waals surface area contributed by atoms with Crippen LogP contribution in [0.1, 0.15) is 31.1 Å². The fourth-order valence-electron chi connectivity index (χ4n) is 4.87. The lowest BCUT2D eigenvalue weighted by molar-refractivity contribution is 0.0141. The third-order valence-electron chi connectivity index (χ3n) is 7.10. The highest BCUT2D eigenvalue weighted by Crippen LogP contribution is 2.32. The number of nitrogens with two attached hydrogens (primary N) is 1. The minimum Gasteiger partial charge on any atom is -0.480 e. The highest BCUT2D eigenvalue weighted by Gasteiger charge is 2.29. The second-order valence-electron chi connectivity index (χ2n) is 11.5. The van der Waals surface area contributed by atoms with E-state index in [1.807, 2.05) is 0 Å². The van der Waals surface area contributed by atoms with Crippen LogP contribution in [0.2, 0.25) is 0 Å². The van der Waals surface area contributed by atoms with E-state index >= 15 is 0 Å². The van der Waals surface area contributed by atoms with Gasteiger partial charge in [-0.25, -0.2) is 32.0 Å². The maximum absolute atomic E-state index is 14.3. The molecular formula is C31H32F2N6O6S. The first kappa shape index (κ1) is 32.3. The van der Waals surface area contributed by atoms with Crippen molar-refractivity contribution in [1.82, 2.24) is 19.8 Å². The van der Waals surface area contributed by atoms with Crippen molar-refractivity contribution in [2.75, 3.05) is 43.7 Å². The minimum absolute atomic E-state index is 0.0515. The molecule has 15 heteroatoms. The lowest BCUT2D eigenvalue weighted by Crippen LogP contribution is -2.51. The molecule has 4 aromatic rings. The van der Waals surface area contributed by atoms with Crippen LogP contribution in [0.5, 0.6) is 5.88 Å². The number of hydrogen-bond acceptors (Lipinski definition) is 9. The van der Waals surface area contributed by atoms with Crippen LogP contribution in [0.3, 0.4) is 0 Å². The van der Waals surface area contributed by atoms with Crippen LogP contribution >= 0.6 is 0 Å². The molecule has 0 spiro atoms. The predicted molar refractivity (Wildman–Crippen MR) is 167 cm³/mol. The Labute approximate surface area is 264 Å². The molecule has 46 heavy (non-hydrogen) atoms. The first-order valence-corrected chi connectivity index (χ1v) is 15.6. The van der Waals surface area contributed by atoms with Crippen LogP contribution in [0.15, 0.2) is 59.6 Å². The Morgan fingerprint density at radius 2 is 1.65 bits per heavy atom. The summed E-state index contributed by atoms with van der Waals surface area (Å²) in [7, 11) is -3.19. The highest BCUT2D eigenvalue weighted by atomic mass is 32.2. The normalized spacial score (nSPS) is 13.9. The number of carbonyl (C=O) groups is 2. The number of benzene rings is 2. The van der Waals surface area contributed by atoms with Gasteiger partial charge < -0.3 is 25.0 Å². The molecule has 0 aliphatic carbocycles. The number of methoxy groups -OCH3 is 1. The predicted octanol–water partition coefficient (Wildman–Crippen LogP) is 4.66. The van der Waals surface area contributed by atoms with Gasteiger partial charge in [-0.3, -0.25) is 9.52 Å². The van der Waals surface area contributed by atoms with E-state index in [0.29, 0.717) is 41.2 Å². The summed E-state index contributed by atoms with van der Waals surface area (Å²) in [5, 5.41) is 0.578. The Hall–Kier alpha value is -5.05. The fraction of sp³-hybridized carbons (Fsp3) is 0.290. The molecule has 1 saturated heterocycles. The van der Waals surface area contributed by atoms with Gasteiger partial charge in [0.05, 0.1) is 18.2 Å². The van der Waals surface area contributed by atoms with Gasteiger partial charge in [-0.2, -0.15) is 0 Å². The van der Waals surface area contributed by atoms with Crippen LogP contribution in [0, 0.1) is 11.6 Å². The summed E-state index contributed by atoms with van der Waals surface area (Å²) in [4.78, 5) is 36.9. The Bertz CT molecular complexity index is 1940. The molecule has 1 fully saturated rings. The molecular weight excluding hydrogens is 622 g/mol. The van der Waals surface area contributed by atoms with Crippen molar-refractivity contribution in [3.05, 3.63) is 71.9 Å². The standard InChI is InChI=1S/C31H32F2N6O6S/c1-31(2,3)45-30(41)39-11-9-38(10-12-39)29(40)22-14-19-13-18(5-7-24(19)36-27(22)34)20-15-25(28(44-4)35-17-20)37-46(42,43)26-8-6-21(32)16-23(26)33/h5-8,13-17,37H,9-12H2,1-4H3,(H2,34,36). The summed E-state index contributed by atoms with van der Waals surface area (Å²) in [6, 6.07) is 10.3. The third-order valence-corrected chi connectivity index (χ3v) is 8.50. The molecule has 3 N–H and O–H groups in total. The van der Waals surface area contributed by atoms with Gasteiger partial charge in [0.15, 0.2) is 0 Å². The number of carbonyl (C=O) groups excluding carboxylic acids is 2. The van der Waals surface area contributed by atoms with Crippen molar-refractivity contribution in [2.45, 2.75) is 31.3 Å². The van der Waals surface area contributed by atoms with Crippen molar-refractivity contribution in [1.29, 1.82) is 0 Å². The zero-order valence-corrected chi connectivity index (χ0v) is 26.3. The SMILES string of the molecule is COc1ncc(-c2ccc3nc(N)c(C(=O)N4CCN(C(=O)OC(C)(C)C)CC4)cc3c2)cc1NS(=O)(=O)c1ccc(F)cc1F. The number of aromatic nitrogens is 2. The Morgan fingerprint density at radius 1 is 0.957 bits per heavy atom. The topological polar surface area (TPSA) is 157 Å². The Kier molecular flexibility index (Phi) is 8.71. The zero-order chi connectivity index (χ0) is 33.4. The molecule has 0 bridgehead atoms. The molecule has 2 amide bonds. The number of rotatable bonds is 6.